The van der Waals surface area contributed by atoms with Crippen molar-refractivity contribution in [2.24, 2.45) is 0 Å². The summed E-state index contributed by atoms with van der Waals surface area (Å²) in [5.74, 6) is 2.22. The third-order valence-electron chi connectivity index (χ3n) is 10.3. The van der Waals surface area contributed by atoms with Gasteiger partial charge in [0.15, 0.2) is 0 Å². The first-order valence-corrected chi connectivity index (χ1v) is 20.0. The van der Waals surface area contributed by atoms with Gasteiger partial charge in [-0.15, -0.1) is 0 Å². The lowest BCUT2D eigenvalue weighted by atomic mass is 10.00. The Labute approximate surface area is 330 Å². The van der Waals surface area contributed by atoms with Crippen LogP contribution < -0.4 is 4.74 Å². The van der Waals surface area contributed by atoms with Crippen LogP contribution in [0, 0.1) is 0 Å². The van der Waals surface area contributed by atoms with E-state index in [0.717, 1.165) is 83.7 Å². The minimum Gasteiger partial charge on any atom is -0.493 e. The Bertz CT molecular complexity index is 2000. The summed E-state index contributed by atoms with van der Waals surface area (Å²) in [7, 11) is 0. The van der Waals surface area contributed by atoms with Crippen molar-refractivity contribution in [1.29, 1.82) is 0 Å². The molecular weight excluding hydrogens is 709 g/mol. The van der Waals surface area contributed by atoms with E-state index in [1.165, 1.54) is 0 Å². The maximum absolute atomic E-state index is 13.4. The summed E-state index contributed by atoms with van der Waals surface area (Å²) in [6.45, 7) is 13.5. The van der Waals surface area contributed by atoms with Crippen molar-refractivity contribution < 1.29 is 28.5 Å². The van der Waals surface area contributed by atoms with Gasteiger partial charge in [0.25, 0.3) is 0 Å². The maximum atomic E-state index is 13.4. The van der Waals surface area contributed by atoms with Crippen LogP contribution in [0.15, 0.2) is 67.0 Å². The van der Waals surface area contributed by atoms with Gasteiger partial charge in [0.2, 0.25) is 0 Å². The zero-order valence-electron chi connectivity index (χ0n) is 33.6. The zero-order chi connectivity index (χ0) is 39.5. The molecule has 2 aromatic carbocycles. The average molecular weight is 765 g/mol. The standard InChI is InChI=1S/C44H56N6O6/c1-43(2,3)55-41(51)49-21-13-14-36(49)39-45-26-34(47-39)30-17-15-29(16-18-30)31-19-20-33-35-27-46-40(48-35)37-25-32(28-50(37)42(52)56-44(4,5)6)53-22-11-9-7-8-10-12-23-54-38(33)24-31/h9,11,15-20,24,26-27,32,36-37H,7-8,10,12-14,21-23,25,28H2,1-6H3,(H,45,47)(H,46,48). The third kappa shape index (κ3) is 9.46. The van der Waals surface area contributed by atoms with Gasteiger partial charge in [0.1, 0.15) is 28.6 Å². The second-order valence-corrected chi connectivity index (χ2v) is 17.0. The number of hydrogen-bond acceptors (Lipinski definition) is 8. The first kappa shape index (κ1) is 39.1. The number of hydrogen-bond donors (Lipinski definition) is 2. The van der Waals surface area contributed by atoms with Crippen LogP contribution >= 0.6 is 0 Å². The van der Waals surface area contributed by atoms with E-state index >= 15 is 0 Å². The number of aromatic nitrogens is 4. The highest BCUT2D eigenvalue weighted by molar-refractivity contribution is 5.76. The molecular formula is C44H56N6O6. The molecule has 0 radical (unpaired) electrons. The number of rotatable bonds is 3. The number of allylic oxidation sites excluding steroid dienone is 1. The lowest BCUT2D eigenvalue weighted by Crippen LogP contribution is -2.37. The number of likely N-dealkylation sites (tertiary alicyclic amines) is 2. The summed E-state index contributed by atoms with van der Waals surface area (Å²) >= 11 is 0. The van der Waals surface area contributed by atoms with Crippen molar-refractivity contribution in [1.82, 2.24) is 29.7 Å². The lowest BCUT2D eigenvalue weighted by molar-refractivity contribution is 0.0176. The van der Waals surface area contributed by atoms with Crippen molar-refractivity contribution in [2.45, 2.75) is 116 Å². The van der Waals surface area contributed by atoms with Gasteiger partial charge in [0, 0.05) is 18.5 Å². The van der Waals surface area contributed by atoms with E-state index in [2.05, 4.69) is 69.6 Å². The lowest BCUT2D eigenvalue weighted by Gasteiger charge is -2.27. The molecule has 0 aliphatic carbocycles. The molecule has 12 heteroatoms. The summed E-state index contributed by atoms with van der Waals surface area (Å²) in [5.41, 5.74) is 4.51. The number of imidazole rings is 2. The fourth-order valence-corrected chi connectivity index (χ4v) is 7.57. The Morgan fingerprint density at radius 1 is 0.750 bits per heavy atom. The molecule has 2 N–H and O–H groups in total. The molecule has 7 rings (SSSR count). The number of carbonyl (C=O) groups excluding carboxylic acids is 2. The molecule has 3 aliphatic heterocycles. The molecule has 3 unspecified atom stereocenters. The largest absolute Gasteiger partial charge is 0.493 e. The van der Waals surface area contributed by atoms with Crippen LogP contribution in [0.2, 0.25) is 0 Å². The van der Waals surface area contributed by atoms with Crippen molar-refractivity contribution in [2.75, 3.05) is 26.3 Å². The van der Waals surface area contributed by atoms with Crippen LogP contribution in [0.5, 0.6) is 5.75 Å². The molecule has 56 heavy (non-hydrogen) atoms. The zero-order valence-corrected chi connectivity index (χ0v) is 33.6. The summed E-state index contributed by atoms with van der Waals surface area (Å²) in [4.78, 5) is 46.3. The number of carbonyl (C=O) groups is 2. The van der Waals surface area contributed by atoms with Gasteiger partial charge in [-0.3, -0.25) is 9.80 Å². The first-order valence-electron chi connectivity index (χ1n) is 20.0. The molecule has 2 saturated heterocycles. The van der Waals surface area contributed by atoms with Gasteiger partial charge in [-0.05, 0) is 109 Å². The molecule has 2 fully saturated rings. The van der Waals surface area contributed by atoms with Crippen LogP contribution in [0.25, 0.3) is 33.6 Å². The summed E-state index contributed by atoms with van der Waals surface area (Å²) in [5, 5.41) is 0. The summed E-state index contributed by atoms with van der Waals surface area (Å²) < 4.78 is 24.2. The van der Waals surface area contributed by atoms with Crippen molar-refractivity contribution in [3.63, 3.8) is 0 Å². The van der Waals surface area contributed by atoms with Gasteiger partial charge < -0.3 is 28.9 Å². The van der Waals surface area contributed by atoms with Crippen LogP contribution in [0.1, 0.15) is 110 Å². The quantitative estimate of drug-likeness (QED) is 0.197. The molecule has 2 aromatic heterocycles. The Morgan fingerprint density at radius 2 is 1.41 bits per heavy atom. The van der Waals surface area contributed by atoms with E-state index in [1.54, 1.807) is 9.80 Å². The summed E-state index contributed by atoms with van der Waals surface area (Å²) in [6, 6.07) is 14.2. The molecule has 298 valence electrons. The number of aromatic amines is 2. The van der Waals surface area contributed by atoms with Gasteiger partial charge in [0.05, 0.1) is 61.7 Å². The molecule has 0 spiro atoms. The smallest absolute Gasteiger partial charge is 0.411 e. The number of amides is 2. The van der Waals surface area contributed by atoms with Crippen LogP contribution in [-0.2, 0) is 14.2 Å². The highest BCUT2D eigenvalue weighted by Crippen LogP contribution is 2.39. The Morgan fingerprint density at radius 3 is 2.16 bits per heavy atom. The second-order valence-electron chi connectivity index (χ2n) is 17.0. The summed E-state index contributed by atoms with van der Waals surface area (Å²) in [6.07, 6.45) is 13.5. The van der Waals surface area contributed by atoms with Gasteiger partial charge in [-0.1, -0.05) is 42.5 Å². The van der Waals surface area contributed by atoms with Gasteiger partial charge in [-0.2, -0.15) is 0 Å². The fraction of sp³-hybridized carbons (Fsp3) is 0.500. The van der Waals surface area contributed by atoms with E-state index in [9.17, 15) is 9.59 Å². The topological polar surface area (TPSA) is 135 Å². The Kier molecular flexibility index (Phi) is 11.6. The van der Waals surface area contributed by atoms with Gasteiger partial charge >= 0.3 is 12.2 Å². The molecule has 3 aliphatic rings. The van der Waals surface area contributed by atoms with E-state index in [0.29, 0.717) is 38.5 Å². The number of H-pyrrole nitrogens is 2. The number of nitrogens with zero attached hydrogens (tertiary/aromatic N) is 4. The average Bonchev–Trinajstić information content (AvgIpc) is 3.97. The molecule has 4 aromatic rings. The highest BCUT2D eigenvalue weighted by Gasteiger charge is 2.41. The number of nitrogens with one attached hydrogen (secondary N) is 2. The minimum absolute atomic E-state index is 0.133. The minimum atomic E-state index is -0.622. The number of benzene rings is 2. The number of ether oxygens (including phenoxy) is 4. The van der Waals surface area contributed by atoms with Crippen molar-refractivity contribution >= 4 is 12.2 Å². The molecule has 4 bridgehead atoms. The van der Waals surface area contributed by atoms with E-state index in [-0.39, 0.29) is 30.4 Å². The molecule has 3 atom stereocenters. The molecule has 12 nitrogen and oxygen atoms in total. The second kappa shape index (κ2) is 16.6. The third-order valence-corrected chi connectivity index (χ3v) is 10.3. The molecule has 0 saturated carbocycles. The van der Waals surface area contributed by atoms with Gasteiger partial charge in [-0.25, -0.2) is 19.6 Å². The normalized spacial score (nSPS) is 20.9. The Hall–Kier alpha value is -5.10. The Balaban J connectivity index is 1.12. The van der Waals surface area contributed by atoms with E-state index < -0.39 is 11.2 Å². The monoisotopic (exact) mass is 764 g/mol. The van der Waals surface area contributed by atoms with E-state index in [1.807, 2.05) is 53.9 Å². The predicted molar refractivity (Wildman–Crippen MR) is 215 cm³/mol. The van der Waals surface area contributed by atoms with Crippen molar-refractivity contribution in [3.05, 3.63) is 78.7 Å². The first-order chi connectivity index (χ1) is 26.8. The SMILES string of the molecule is CC(C)(C)OC(=O)N1CCCC1c1ncc(-c2ccc(-c3ccc4c(c3)OCCCCCC=CCOC3CC(c5ncc-4[nH]5)N(C(=O)OC(C)(C)C)C3)cc2)[nH]1. The number of fused-ring (bicyclic) bond motifs is 7. The van der Waals surface area contributed by atoms with Crippen LogP contribution in [0.3, 0.4) is 0 Å². The van der Waals surface area contributed by atoms with Crippen molar-refractivity contribution in [3.8, 4) is 39.4 Å². The molecule has 5 heterocycles. The van der Waals surface area contributed by atoms with E-state index in [4.69, 9.17) is 23.9 Å². The van der Waals surface area contributed by atoms with Crippen LogP contribution in [0.4, 0.5) is 9.59 Å². The maximum Gasteiger partial charge on any atom is 0.411 e. The van der Waals surface area contributed by atoms with Crippen LogP contribution in [-0.4, -0.2) is 85.5 Å². The fourth-order valence-electron chi connectivity index (χ4n) is 7.57. The highest BCUT2D eigenvalue weighted by atomic mass is 16.6. The predicted octanol–water partition coefficient (Wildman–Crippen LogP) is 9.78. The molecule has 2 amide bonds.